The monoisotopic (exact) mass is 432 g/mol. The maximum atomic E-state index is 13.3. The Hall–Kier alpha value is -2.45. The largest absolute Gasteiger partial charge is 0.465 e. The van der Waals surface area contributed by atoms with Crippen LogP contribution in [-0.2, 0) is 25.5 Å². The molecule has 8 nitrogen and oxygen atoms in total. The number of esters is 1. The molecular weight excluding hydrogens is 400 g/mol. The number of amides is 1. The third-order valence-electron chi connectivity index (χ3n) is 6.26. The van der Waals surface area contributed by atoms with Gasteiger partial charge in [0.05, 0.1) is 25.3 Å². The first-order valence-corrected chi connectivity index (χ1v) is 11.0. The molecule has 0 aromatic heterocycles. The van der Waals surface area contributed by atoms with Gasteiger partial charge < -0.3 is 14.6 Å². The summed E-state index contributed by atoms with van der Waals surface area (Å²) in [6.45, 7) is 5.01. The summed E-state index contributed by atoms with van der Waals surface area (Å²) in [7, 11) is 0. The lowest BCUT2D eigenvalue weighted by Crippen LogP contribution is -2.54. The fraction of sp³-hybridized carbons (Fsp3) is 0.609. The number of nitrogens with one attached hydrogen (secondary N) is 1. The molecule has 5 atom stereocenters. The number of carboxylic acid groups (broad SMARTS) is 1. The van der Waals surface area contributed by atoms with Gasteiger partial charge in [0.1, 0.15) is 6.04 Å². The smallest absolute Gasteiger partial charge is 0.407 e. The summed E-state index contributed by atoms with van der Waals surface area (Å²) in [4.78, 5) is 38.9. The fourth-order valence-electron chi connectivity index (χ4n) is 4.68. The van der Waals surface area contributed by atoms with Crippen molar-refractivity contribution < 1.29 is 29.0 Å². The lowest BCUT2D eigenvalue weighted by Gasteiger charge is -2.31. The average molecular weight is 433 g/mol. The van der Waals surface area contributed by atoms with Crippen LogP contribution in [0.5, 0.6) is 0 Å². The standard InChI is InChI=1S/C23H32N2O6/c1-3-31-22(27)19(10-9-16-7-5-4-6-8-16)24-15(2)21(26)20-18-11-12-30-14-17(18)13-25(20)23(28)29/h4-8,15,17-20,24H,3,9-14H2,1-2H3,(H,28,29)/t15-,17?,18?,19-,20?/m0/s1. The van der Waals surface area contributed by atoms with Crippen molar-refractivity contribution in [3.8, 4) is 0 Å². The van der Waals surface area contributed by atoms with E-state index in [1.54, 1.807) is 13.8 Å². The zero-order chi connectivity index (χ0) is 22.4. The predicted molar refractivity (Wildman–Crippen MR) is 114 cm³/mol. The number of Topliss-reactive ketones (excluding diaryl/α,β-unsaturated/α-hetero) is 1. The number of rotatable bonds is 9. The first-order valence-electron chi connectivity index (χ1n) is 11.0. The maximum absolute atomic E-state index is 13.3. The molecule has 0 saturated carbocycles. The quantitative estimate of drug-likeness (QED) is 0.576. The van der Waals surface area contributed by atoms with Gasteiger partial charge in [-0.25, -0.2) is 4.79 Å². The number of aryl methyl sites for hydroxylation is 1. The Morgan fingerprint density at radius 2 is 2.03 bits per heavy atom. The van der Waals surface area contributed by atoms with E-state index in [9.17, 15) is 19.5 Å². The van der Waals surface area contributed by atoms with Gasteiger partial charge in [-0.3, -0.25) is 19.8 Å². The number of carbonyl (C=O) groups excluding carboxylic acids is 2. The minimum absolute atomic E-state index is 0.0323. The third-order valence-corrected chi connectivity index (χ3v) is 6.26. The molecule has 0 bridgehead atoms. The number of fused-ring (bicyclic) bond motifs is 1. The van der Waals surface area contributed by atoms with Crippen LogP contribution >= 0.6 is 0 Å². The molecule has 3 rings (SSSR count). The Balaban J connectivity index is 1.70. The molecule has 2 aliphatic heterocycles. The first kappa shape index (κ1) is 23.2. The second-order valence-corrected chi connectivity index (χ2v) is 8.29. The van der Waals surface area contributed by atoms with Crippen LogP contribution in [0.4, 0.5) is 4.79 Å². The highest BCUT2D eigenvalue weighted by Crippen LogP contribution is 2.36. The fourth-order valence-corrected chi connectivity index (χ4v) is 4.68. The summed E-state index contributed by atoms with van der Waals surface area (Å²) in [5.41, 5.74) is 1.09. The summed E-state index contributed by atoms with van der Waals surface area (Å²) in [6, 6.07) is 7.76. The van der Waals surface area contributed by atoms with Gasteiger partial charge in [0.2, 0.25) is 0 Å². The summed E-state index contributed by atoms with van der Waals surface area (Å²) in [5, 5.41) is 12.8. The molecule has 1 amide bonds. The number of benzene rings is 1. The second kappa shape index (κ2) is 10.7. The van der Waals surface area contributed by atoms with Gasteiger partial charge in [-0.15, -0.1) is 0 Å². The third kappa shape index (κ3) is 5.62. The van der Waals surface area contributed by atoms with Crippen molar-refractivity contribution in [2.45, 2.75) is 51.2 Å². The molecule has 2 aliphatic rings. The Labute approximate surface area is 182 Å². The summed E-state index contributed by atoms with van der Waals surface area (Å²) in [6.07, 6.45) is 0.705. The van der Waals surface area contributed by atoms with Crippen LogP contribution < -0.4 is 5.32 Å². The van der Waals surface area contributed by atoms with E-state index in [2.05, 4.69) is 5.32 Å². The van der Waals surface area contributed by atoms with E-state index in [0.717, 1.165) is 5.56 Å². The van der Waals surface area contributed by atoms with E-state index < -0.39 is 30.2 Å². The first-order chi connectivity index (χ1) is 14.9. The van der Waals surface area contributed by atoms with Crippen LogP contribution in [0.25, 0.3) is 0 Å². The molecule has 2 N–H and O–H groups in total. The van der Waals surface area contributed by atoms with E-state index in [0.29, 0.717) is 39.0 Å². The lowest BCUT2D eigenvalue weighted by molar-refractivity contribution is -0.146. The molecule has 8 heteroatoms. The van der Waals surface area contributed by atoms with Crippen molar-refractivity contribution in [2.75, 3.05) is 26.4 Å². The van der Waals surface area contributed by atoms with E-state index in [4.69, 9.17) is 9.47 Å². The summed E-state index contributed by atoms with van der Waals surface area (Å²) >= 11 is 0. The van der Waals surface area contributed by atoms with Crippen molar-refractivity contribution in [3.63, 3.8) is 0 Å². The Kier molecular flexibility index (Phi) is 8.03. The Morgan fingerprint density at radius 3 is 2.71 bits per heavy atom. The minimum Gasteiger partial charge on any atom is -0.465 e. The topological polar surface area (TPSA) is 105 Å². The highest BCUT2D eigenvalue weighted by atomic mass is 16.5. The molecule has 0 spiro atoms. The van der Waals surface area contributed by atoms with Crippen molar-refractivity contribution in [1.29, 1.82) is 0 Å². The number of ether oxygens (including phenoxy) is 2. The molecule has 1 aromatic rings. The predicted octanol–water partition coefficient (Wildman–Crippen LogP) is 2.11. The minimum atomic E-state index is -1.09. The van der Waals surface area contributed by atoms with Gasteiger partial charge in [0.25, 0.3) is 0 Å². The van der Waals surface area contributed by atoms with Gasteiger partial charge in [0, 0.05) is 19.1 Å². The van der Waals surface area contributed by atoms with Crippen LogP contribution in [0.15, 0.2) is 30.3 Å². The summed E-state index contributed by atoms with van der Waals surface area (Å²) < 4.78 is 10.7. The SMILES string of the molecule is CCOC(=O)[C@H](CCc1ccccc1)N[C@@H](C)C(=O)C1C2CCOCC2CN1C(=O)O. The zero-order valence-corrected chi connectivity index (χ0v) is 18.2. The van der Waals surface area contributed by atoms with Crippen LogP contribution in [-0.4, -0.2) is 72.3 Å². The van der Waals surface area contributed by atoms with E-state index in [1.165, 1.54) is 4.90 Å². The van der Waals surface area contributed by atoms with E-state index in [-0.39, 0.29) is 24.2 Å². The highest BCUT2D eigenvalue weighted by Gasteiger charge is 2.49. The lowest BCUT2D eigenvalue weighted by atomic mass is 9.83. The van der Waals surface area contributed by atoms with Gasteiger partial charge >= 0.3 is 12.1 Å². The van der Waals surface area contributed by atoms with Crippen molar-refractivity contribution >= 4 is 17.8 Å². The van der Waals surface area contributed by atoms with E-state index >= 15 is 0 Å². The number of hydrogen-bond acceptors (Lipinski definition) is 6. The molecule has 2 fully saturated rings. The second-order valence-electron chi connectivity index (χ2n) is 8.29. The molecule has 1 aromatic carbocycles. The van der Waals surface area contributed by atoms with Crippen molar-refractivity contribution in [2.24, 2.45) is 11.8 Å². The van der Waals surface area contributed by atoms with Crippen LogP contribution in [0, 0.1) is 11.8 Å². The number of carbonyl (C=O) groups is 3. The van der Waals surface area contributed by atoms with Gasteiger partial charge in [-0.1, -0.05) is 30.3 Å². The Morgan fingerprint density at radius 1 is 1.29 bits per heavy atom. The van der Waals surface area contributed by atoms with Crippen LogP contribution in [0.2, 0.25) is 0 Å². The molecular formula is C23H32N2O6. The van der Waals surface area contributed by atoms with Gasteiger partial charge in [-0.2, -0.15) is 0 Å². The molecule has 0 aliphatic carbocycles. The number of nitrogens with zero attached hydrogens (tertiary/aromatic N) is 1. The van der Waals surface area contributed by atoms with Gasteiger partial charge in [-0.05, 0) is 44.6 Å². The maximum Gasteiger partial charge on any atom is 0.407 e. The van der Waals surface area contributed by atoms with Gasteiger partial charge in [0.15, 0.2) is 5.78 Å². The number of likely N-dealkylation sites (tertiary alicyclic amines) is 1. The highest BCUT2D eigenvalue weighted by molar-refractivity contribution is 5.92. The van der Waals surface area contributed by atoms with Crippen molar-refractivity contribution in [1.82, 2.24) is 10.2 Å². The average Bonchev–Trinajstić information content (AvgIpc) is 3.16. The molecule has 2 saturated heterocycles. The molecule has 31 heavy (non-hydrogen) atoms. The van der Waals surface area contributed by atoms with Crippen LogP contribution in [0.1, 0.15) is 32.3 Å². The van der Waals surface area contributed by atoms with Crippen LogP contribution in [0.3, 0.4) is 0 Å². The Bertz CT molecular complexity index is 771. The molecule has 170 valence electrons. The van der Waals surface area contributed by atoms with Crippen molar-refractivity contribution in [3.05, 3.63) is 35.9 Å². The summed E-state index contributed by atoms with van der Waals surface area (Å²) in [5.74, 6) is -0.619. The zero-order valence-electron chi connectivity index (χ0n) is 18.2. The molecule has 0 radical (unpaired) electrons. The number of hydrogen-bond donors (Lipinski definition) is 2. The number of ketones is 1. The molecule has 2 heterocycles. The van der Waals surface area contributed by atoms with E-state index in [1.807, 2.05) is 30.3 Å². The normalized spacial score (nSPS) is 24.8. The molecule has 3 unspecified atom stereocenters.